The maximum atomic E-state index is 13.1. The zero-order valence-electron chi connectivity index (χ0n) is 12.8. The Labute approximate surface area is 139 Å². The molecule has 1 aromatic rings. The van der Waals surface area contributed by atoms with E-state index in [1.165, 1.54) is 13.8 Å². The summed E-state index contributed by atoms with van der Waals surface area (Å²) < 4.78 is 53.7. The summed E-state index contributed by atoms with van der Waals surface area (Å²) >= 11 is 5.79. The number of hydrogen-bond donors (Lipinski definition) is 0. The molecule has 0 N–H and O–H groups in total. The van der Waals surface area contributed by atoms with Crippen LogP contribution < -0.4 is 4.74 Å². The molecule has 1 aliphatic rings. The molecule has 1 saturated heterocycles. The Morgan fingerprint density at radius 1 is 1.17 bits per heavy atom. The van der Waals surface area contributed by atoms with E-state index in [4.69, 9.17) is 21.1 Å². The summed E-state index contributed by atoms with van der Waals surface area (Å²) in [5, 5.41) is -0.322. The number of esters is 2. The van der Waals surface area contributed by atoms with Gasteiger partial charge in [-0.25, -0.2) is 9.59 Å². The molecule has 130 valence electrons. The van der Waals surface area contributed by atoms with Crippen LogP contribution in [0, 0.1) is 0 Å². The van der Waals surface area contributed by atoms with E-state index in [9.17, 15) is 22.8 Å². The third kappa shape index (κ3) is 3.64. The van der Waals surface area contributed by atoms with E-state index in [1.807, 2.05) is 0 Å². The maximum Gasteiger partial charge on any atom is 0.420 e. The van der Waals surface area contributed by atoms with Crippen molar-refractivity contribution >= 4 is 29.6 Å². The molecule has 1 heterocycles. The van der Waals surface area contributed by atoms with Gasteiger partial charge in [-0.3, -0.25) is 0 Å². The van der Waals surface area contributed by atoms with Gasteiger partial charge in [0.1, 0.15) is 11.3 Å². The molecule has 9 heteroatoms. The second-order valence-corrected chi connectivity index (χ2v) is 5.73. The van der Waals surface area contributed by atoms with Crippen molar-refractivity contribution in [1.82, 2.24) is 0 Å². The summed E-state index contributed by atoms with van der Waals surface area (Å²) in [7, 11) is 1.05. The van der Waals surface area contributed by atoms with Gasteiger partial charge < -0.3 is 14.2 Å². The molecule has 0 atom stereocenters. The highest BCUT2D eigenvalue weighted by molar-refractivity contribution is 6.32. The quantitative estimate of drug-likeness (QED) is 0.456. The zero-order chi connectivity index (χ0) is 18.3. The van der Waals surface area contributed by atoms with Crippen LogP contribution in [-0.2, 0) is 25.2 Å². The predicted octanol–water partition coefficient (Wildman–Crippen LogP) is 3.59. The van der Waals surface area contributed by atoms with E-state index < -0.39 is 40.8 Å². The average molecular weight is 365 g/mol. The second-order valence-electron chi connectivity index (χ2n) is 5.32. The van der Waals surface area contributed by atoms with Crippen molar-refractivity contribution in [2.45, 2.75) is 25.8 Å². The Kier molecular flexibility index (Phi) is 4.54. The molecule has 1 aliphatic heterocycles. The normalized spacial score (nSPS) is 17.2. The summed E-state index contributed by atoms with van der Waals surface area (Å²) in [5.41, 5.74) is -1.80. The fraction of sp³-hybridized carbons (Fsp3) is 0.333. The highest BCUT2D eigenvalue weighted by Crippen LogP contribution is 2.41. The van der Waals surface area contributed by atoms with E-state index in [0.29, 0.717) is 6.07 Å². The Morgan fingerprint density at radius 3 is 2.17 bits per heavy atom. The van der Waals surface area contributed by atoms with Crippen LogP contribution in [-0.4, -0.2) is 24.8 Å². The van der Waals surface area contributed by atoms with Crippen molar-refractivity contribution in [3.63, 3.8) is 0 Å². The number of cyclic esters (lactones) is 2. The lowest BCUT2D eigenvalue weighted by Gasteiger charge is -2.29. The third-order valence-electron chi connectivity index (χ3n) is 3.00. The number of rotatable bonds is 2. The number of hydrogen-bond acceptors (Lipinski definition) is 5. The topological polar surface area (TPSA) is 61.8 Å². The van der Waals surface area contributed by atoms with Crippen LogP contribution in [0.1, 0.15) is 25.0 Å². The summed E-state index contributed by atoms with van der Waals surface area (Å²) in [4.78, 5) is 23.7. The van der Waals surface area contributed by atoms with Crippen molar-refractivity contribution in [2.24, 2.45) is 0 Å². The first-order chi connectivity index (χ1) is 10.9. The van der Waals surface area contributed by atoms with Gasteiger partial charge in [0.15, 0.2) is 0 Å². The smallest absolute Gasteiger partial charge is 0.420 e. The minimum atomic E-state index is -4.74. The lowest BCUT2D eigenvalue weighted by Crippen LogP contribution is -2.41. The highest BCUT2D eigenvalue weighted by Gasteiger charge is 2.39. The van der Waals surface area contributed by atoms with Gasteiger partial charge >= 0.3 is 18.1 Å². The molecule has 24 heavy (non-hydrogen) atoms. The van der Waals surface area contributed by atoms with E-state index in [-0.39, 0.29) is 10.6 Å². The number of alkyl halides is 3. The SMILES string of the molecule is COc1c(Cl)cc(C=C2C(=O)OC(C)(C)OC2=O)cc1C(F)(F)F. The van der Waals surface area contributed by atoms with Crippen LogP contribution >= 0.6 is 11.6 Å². The second kappa shape index (κ2) is 6.01. The number of carbonyl (C=O) groups excluding carboxylic acids is 2. The van der Waals surface area contributed by atoms with Gasteiger partial charge in [0.25, 0.3) is 5.79 Å². The maximum absolute atomic E-state index is 13.1. The number of methoxy groups -OCH3 is 1. The summed E-state index contributed by atoms with van der Waals surface area (Å²) in [5.74, 6) is -4.00. The van der Waals surface area contributed by atoms with Crippen molar-refractivity contribution in [3.05, 3.63) is 33.9 Å². The van der Waals surface area contributed by atoms with Crippen LogP contribution in [0.15, 0.2) is 17.7 Å². The molecular weight excluding hydrogens is 353 g/mol. The minimum Gasteiger partial charge on any atom is -0.495 e. The predicted molar refractivity (Wildman–Crippen MR) is 77.2 cm³/mol. The summed E-state index contributed by atoms with van der Waals surface area (Å²) in [6, 6.07) is 1.83. The Balaban J connectivity index is 2.52. The van der Waals surface area contributed by atoms with Gasteiger partial charge in [-0.2, -0.15) is 13.2 Å². The molecule has 0 unspecified atom stereocenters. The van der Waals surface area contributed by atoms with Gasteiger partial charge in [0.2, 0.25) is 0 Å². The number of ether oxygens (including phenoxy) is 3. The molecule has 0 amide bonds. The van der Waals surface area contributed by atoms with Crippen LogP contribution in [0.2, 0.25) is 5.02 Å². The molecule has 5 nitrogen and oxygen atoms in total. The standard InChI is InChI=1S/C15H12ClF3O5/c1-14(2)23-12(20)8(13(21)24-14)4-7-5-9(15(17,18)19)11(22-3)10(16)6-7/h4-6H,1-3H3. The van der Waals surface area contributed by atoms with Crippen molar-refractivity contribution in [3.8, 4) is 5.75 Å². The Morgan fingerprint density at radius 2 is 1.71 bits per heavy atom. The van der Waals surface area contributed by atoms with Gasteiger partial charge in [-0.05, 0) is 23.8 Å². The molecule has 0 spiro atoms. The van der Waals surface area contributed by atoms with Crippen LogP contribution in [0.4, 0.5) is 13.2 Å². The first kappa shape index (κ1) is 18.1. The van der Waals surface area contributed by atoms with Gasteiger partial charge in [-0.15, -0.1) is 0 Å². The molecule has 0 aliphatic carbocycles. The van der Waals surface area contributed by atoms with Gasteiger partial charge in [0, 0.05) is 13.8 Å². The molecule has 0 bridgehead atoms. The lowest BCUT2D eigenvalue weighted by atomic mass is 10.1. The Hall–Kier alpha value is -2.22. The molecular formula is C15H12ClF3O5. The van der Waals surface area contributed by atoms with E-state index >= 15 is 0 Å². The average Bonchev–Trinajstić information content (AvgIpc) is 2.40. The first-order valence-electron chi connectivity index (χ1n) is 6.58. The molecule has 0 radical (unpaired) electrons. The number of benzene rings is 1. The Bertz CT molecular complexity index is 715. The molecule has 1 aromatic carbocycles. The zero-order valence-corrected chi connectivity index (χ0v) is 13.5. The largest absolute Gasteiger partial charge is 0.495 e. The molecule has 1 fully saturated rings. The van der Waals surface area contributed by atoms with Crippen LogP contribution in [0.25, 0.3) is 6.08 Å². The van der Waals surface area contributed by atoms with E-state index in [0.717, 1.165) is 19.3 Å². The van der Waals surface area contributed by atoms with E-state index in [1.54, 1.807) is 0 Å². The van der Waals surface area contributed by atoms with Crippen LogP contribution in [0.3, 0.4) is 0 Å². The van der Waals surface area contributed by atoms with Crippen molar-refractivity contribution in [2.75, 3.05) is 7.11 Å². The van der Waals surface area contributed by atoms with Crippen molar-refractivity contribution in [1.29, 1.82) is 0 Å². The van der Waals surface area contributed by atoms with Gasteiger partial charge in [0.05, 0.1) is 17.7 Å². The van der Waals surface area contributed by atoms with Gasteiger partial charge in [-0.1, -0.05) is 11.6 Å². The van der Waals surface area contributed by atoms with Crippen LogP contribution in [0.5, 0.6) is 5.75 Å². The molecule has 0 aromatic heterocycles. The number of halogens is 4. The highest BCUT2D eigenvalue weighted by atomic mass is 35.5. The van der Waals surface area contributed by atoms with E-state index in [2.05, 4.69) is 4.74 Å². The monoisotopic (exact) mass is 364 g/mol. The first-order valence-corrected chi connectivity index (χ1v) is 6.95. The molecule has 0 saturated carbocycles. The summed E-state index contributed by atoms with van der Waals surface area (Å²) in [6.45, 7) is 2.71. The minimum absolute atomic E-state index is 0.128. The number of carbonyl (C=O) groups is 2. The summed E-state index contributed by atoms with van der Waals surface area (Å²) in [6.07, 6.45) is -3.82. The van der Waals surface area contributed by atoms with Crippen molar-refractivity contribution < 1.29 is 37.0 Å². The molecule has 2 rings (SSSR count). The fourth-order valence-electron chi connectivity index (χ4n) is 2.06. The fourth-order valence-corrected chi connectivity index (χ4v) is 2.37. The lowest BCUT2D eigenvalue weighted by molar-refractivity contribution is -0.222. The third-order valence-corrected chi connectivity index (χ3v) is 3.28.